The number of nitrogens with zero attached hydrogens (tertiary/aromatic N) is 5. The number of anilines is 1. The molecule has 6 heteroatoms. The molecule has 2 aliphatic rings. The van der Waals surface area contributed by atoms with Crippen LogP contribution in [0.4, 0.5) is 11.4 Å². The van der Waals surface area contributed by atoms with Gasteiger partial charge in [0.25, 0.3) is 0 Å². The number of aromatic nitrogens is 1. The van der Waals surface area contributed by atoms with Gasteiger partial charge >= 0.3 is 0 Å². The lowest BCUT2D eigenvalue weighted by Gasteiger charge is -2.33. The highest BCUT2D eigenvalue weighted by atomic mass is 16.1. The molecule has 3 heterocycles. The molecule has 198 valence electrons. The van der Waals surface area contributed by atoms with Crippen LogP contribution in [0.5, 0.6) is 0 Å². The Hall–Kier alpha value is -4.00. The Bertz CT molecular complexity index is 1320. The summed E-state index contributed by atoms with van der Waals surface area (Å²) < 4.78 is 0. The number of carbonyl (C=O) groups excluding carboxylic acids is 1. The Labute approximate surface area is 231 Å². The first kappa shape index (κ1) is 26.6. The Balaban J connectivity index is 1.04. The van der Waals surface area contributed by atoms with Crippen molar-refractivity contribution in [2.45, 2.75) is 45.1 Å². The van der Waals surface area contributed by atoms with Crippen molar-refractivity contribution in [2.24, 2.45) is 11.8 Å². The van der Waals surface area contributed by atoms with Crippen LogP contribution in [0.25, 0.3) is 4.85 Å². The van der Waals surface area contributed by atoms with Gasteiger partial charge in [-0.2, -0.15) is 5.26 Å². The van der Waals surface area contributed by atoms with Gasteiger partial charge in [0.15, 0.2) is 11.5 Å². The zero-order chi connectivity index (χ0) is 27.0. The number of piperidine rings is 2. The second-order valence-electron chi connectivity index (χ2n) is 11.0. The summed E-state index contributed by atoms with van der Waals surface area (Å²) in [6.07, 6.45) is 7.81. The van der Waals surface area contributed by atoms with E-state index < -0.39 is 0 Å². The average molecular weight is 518 g/mol. The first-order valence-corrected chi connectivity index (χ1v) is 14.0. The summed E-state index contributed by atoms with van der Waals surface area (Å²) in [4.78, 5) is 25.8. The van der Waals surface area contributed by atoms with E-state index in [1.54, 1.807) is 0 Å². The van der Waals surface area contributed by atoms with E-state index in [2.05, 4.69) is 31.8 Å². The van der Waals surface area contributed by atoms with Crippen molar-refractivity contribution in [3.63, 3.8) is 0 Å². The number of benzene rings is 2. The molecular weight excluding hydrogens is 482 g/mol. The fourth-order valence-corrected chi connectivity index (χ4v) is 5.84. The van der Waals surface area contributed by atoms with E-state index in [4.69, 9.17) is 11.8 Å². The van der Waals surface area contributed by atoms with Crippen molar-refractivity contribution in [3.05, 3.63) is 101 Å². The summed E-state index contributed by atoms with van der Waals surface area (Å²) in [5.41, 5.74) is 5.61. The predicted octanol–water partition coefficient (Wildman–Crippen LogP) is 6.45. The Morgan fingerprint density at radius 2 is 1.56 bits per heavy atom. The summed E-state index contributed by atoms with van der Waals surface area (Å²) in [6.45, 7) is 12.1. The van der Waals surface area contributed by atoms with E-state index in [1.807, 2.05) is 60.8 Å². The van der Waals surface area contributed by atoms with Gasteiger partial charge in [0.05, 0.1) is 18.2 Å². The van der Waals surface area contributed by atoms with Crippen molar-refractivity contribution in [1.82, 2.24) is 9.88 Å². The van der Waals surface area contributed by atoms with Crippen molar-refractivity contribution in [3.8, 4) is 6.07 Å². The molecule has 0 amide bonds. The lowest BCUT2D eigenvalue weighted by molar-refractivity contribution is 0.0920. The molecule has 0 atom stereocenters. The fraction of sp³-hybridized carbons (Fsp3) is 0.394. The molecule has 0 spiro atoms. The second kappa shape index (κ2) is 12.7. The molecule has 0 aliphatic carbocycles. The quantitative estimate of drug-likeness (QED) is 0.254. The molecule has 2 fully saturated rings. The van der Waals surface area contributed by atoms with Crippen LogP contribution in [0.1, 0.15) is 59.3 Å². The monoisotopic (exact) mass is 517 g/mol. The largest absolute Gasteiger partial charge is 0.372 e. The minimum absolute atomic E-state index is 0.157. The number of hydrogen-bond donors (Lipinski definition) is 0. The Morgan fingerprint density at radius 1 is 0.897 bits per heavy atom. The van der Waals surface area contributed by atoms with Crippen LogP contribution < -0.4 is 4.90 Å². The molecule has 0 unspecified atom stereocenters. The van der Waals surface area contributed by atoms with Crippen molar-refractivity contribution in [1.29, 1.82) is 5.26 Å². The smallest absolute Gasteiger partial charge is 0.187 e. The molecule has 3 aromatic rings. The number of ketones is 1. The van der Waals surface area contributed by atoms with Crippen LogP contribution in [0, 0.1) is 29.7 Å². The van der Waals surface area contributed by atoms with Crippen molar-refractivity contribution < 1.29 is 4.79 Å². The molecule has 39 heavy (non-hydrogen) atoms. The third kappa shape index (κ3) is 7.11. The van der Waals surface area contributed by atoms with Gasteiger partial charge < -0.3 is 4.90 Å². The molecule has 0 saturated carbocycles. The van der Waals surface area contributed by atoms with Gasteiger partial charge in [0.1, 0.15) is 5.69 Å². The third-order valence-corrected chi connectivity index (χ3v) is 8.26. The number of pyridine rings is 1. The second-order valence-corrected chi connectivity index (χ2v) is 11.0. The molecule has 2 aromatic carbocycles. The van der Waals surface area contributed by atoms with Gasteiger partial charge in [-0.25, -0.2) is 4.85 Å². The number of carbonyl (C=O) groups is 1. The molecule has 6 nitrogen and oxygen atoms in total. The van der Waals surface area contributed by atoms with Crippen LogP contribution in [-0.4, -0.2) is 41.8 Å². The van der Waals surface area contributed by atoms with Gasteiger partial charge in [0, 0.05) is 37.9 Å². The number of hydrogen-bond acceptors (Lipinski definition) is 5. The SMILES string of the molecule is [C-]#[N+]c1ccc(N2CCC(Cc3ccc(C(=O)CC4CCN(Cc5ccc(C#N)cc5)CC4)nc3)CC2)cc1. The summed E-state index contributed by atoms with van der Waals surface area (Å²) in [5, 5.41) is 8.97. The molecule has 2 aliphatic heterocycles. The maximum Gasteiger partial charge on any atom is 0.187 e. The lowest BCUT2D eigenvalue weighted by atomic mass is 9.89. The van der Waals surface area contributed by atoms with E-state index in [9.17, 15) is 4.79 Å². The van der Waals surface area contributed by atoms with Gasteiger partial charge in [-0.05, 0) is 98.5 Å². The molecule has 0 bridgehead atoms. The topological polar surface area (TPSA) is 64.6 Å². The summed E-state index contributed by atoms with van der Waals surface area (Å²) in [7, 11) is 0. The normalized spacial score (nSPS) is 16.9. The molecular formula is C33H35N5O. The van der Waals surface area contributed by atoms with Crippen molar-refractivity contribution >= 4 is 17.2 Å². The standard InChI is InChI=1S/C33H35N5O/c1-35-30-7-9-31(10-8-30)38-18-14-25(15-19-38)20-29-6-11-32(36-23-29)33(39)21-26-12-16-37(17-13-26)24-28-4-2-27(22-34)3-5-28/h2-11,23,25-26H,12-21,24H2. The summed E-state index contributed by atoms with van der Waals surface area (Å²) in [5.74, 6) is 1.20. The van der Waals surface area contributed by atoms with Crippen LogP contribution in [-0.2, 0) is 13.0 Å². The van der Waals surface area contributed by atoms with E-state index >= 15 is 0 Å². The highest BCUT2D eigenvalue weighted by molar-refractivity contribution is 5.94. The predicted molar refractivity (Wildman–Crippen MR) is 154 cm³/mol. The van der Waals surface area contributed by atoms with Crippen LogP contribution in [0.2, 0.25) is 0 Å². The zero-order valence-electron chi connectivity index (χ0n) is 22.4. The molecule has 2 saturated heterocycles. The first-order chi connectivity index (χ1) is 19.1. The van der Waals surface area contributed by atoms with E-state index in [-0.39, 0.29) is 5.78 Å². The van der Waals surface area contributed by atoms with E-state index in [0.717, 1.165) is 64.8 Å². The van der Waals surface area contributed by atoms with Crippen LogP contribution in [0.3, 0.4) is 0 Å². The minimum Gasteiger partial charge on any atom is -0.372 e. The first-order valence-electron chi connectivity index (χ1n) is 14.0. The van der Waals surface area contributed by atoms with Crippen molar-refractivity contribution in [2.75, 3.05) is 31.1 Å². The highest BCUT2D eigenvalue weighted by Crippen LogP contribution is 2.28. The number of likely N-dealkylation sites (tertiary alicyclic amines) is 1. The molecule has 5 rings (SSSR count). The maximum absolute atomic E-state index is 12.9. The molecule has 0 radical (unpaired) electrons. The molecule has 0 N–H and O–H groups in total. The Morgan fingerprint density at radius 3 is 2.18 bits per heavy atom. The minimum atomic E-state index is 0.157. The number of rotatable bonds is 8. The zero-order valence-corrected chi connectivity index (χ0v) is 22.4. The maximum atomic E-state index is 12.9. The number of Topliss-reactive ketones (excluding diaryl/α,β-unsaturated/α-hetero) is 1. The van der Waals surface area contributed by atoms with Crippen LogP contribution >= 0.6 is 0 Å². The Kier molecular flexibility index (Phi) is 8.66. The summed E-state index contributed by atoms with van der Waals surface area (Å²) in [6, 6.07) is 21.9. The van der Waals surface area contributed by atoms with Gasteiger partial charge in [-0.1, -0.05) is 30.3 Å². The highest BCUT2D eigenvalue weighted by Gasteiger charge is 2.23. The third-order valence-electron chi connectivity index (χ3n) is 8.26. The van der Waals surface area contributed by atoms with Gasteiger partial charge in [-0.3, -0.25) is 14.7 Å². The molecule has 1 aromatic heterocycles. The average Bonchev–Trinajstić information content (AvgIpc) is 2.99. The number of nitriles is 1. The fourth-order valence-electron chi connectivity index (χ4n) is 5.84. The van der Waals surface area contributed by atoms with Gasteiger partial charge in [0.2, 0.25) is 0 Å². The van der Waals surface area contributed by atoms with Crippen LogP contribution in [0.15, 0.2) is 66.9 Å². The van der Waals surface area contributed by atoms with E-state index in [0.29, 0.717) is 35.2 Å². The summed E-state index contributed by atoms with van der Waals surface area (Å²) >= 11 is 0. The lowest BCUT2D eigenvalue weighted by Crippen LogP contribution is -2.34. The van der Waals surface area contributed by atoms with E-state index in [1.165, 1.54) is 16.8 Å². The van der Waals surface area contributed by atoms with Gasteiger partial charge in [-0.15, -0.1) is 0 Å².